The van der Waals surface area contributed by atoms with Gasteiger partial charge < -0.3 is 10.1 Å². The van der Waals surface area contributed by atoms with Gasteiger partial charge in [0, 0.05) is 17.0 Å². The molecule has 20 heavy (non-hydrogen) atoms. The fraction of sp³-hybridized carbons (Fsp3) is 0. The summed E-state index contributed by atoms with van der Waals surface area (Å²) in [7, 11) is 0. The number of carboxylic acid groups (broad SMARTS) is 1. The molecule has 3 aromatic rings. The van der Waals surface area contributed by atoms with E-state index in [9.17, 15) is 9.59 Å². The van der Waals surface area contributed by atoms with Gasteiger partial charge in [0.2, 0.25) is 0 Å². The lowest BCUT2D eigenvalue weighted by atomic mass is 10.0. The number of carbonyl (C=O) groups is 1. The Kier molecular flexibility index (Phi) is 2.84. The Bertz CT molecular complexity index is 850. The highest BCUT2D eigenvalue weighted by Crippen LogP contribution is 2.22. The Hall–Kier alpha value is -2.88. The van der Waals surface area contributed by atoms with Gasteiger partial charge in [0.1, 0.15) is 5.69 Å². The van der Waals surface area contributed by atoms with Gasteiger partial charge in [0.25, 0.3) is 0 Å². The second-order valence-corrected chi connectivity index (χ2v) is 4.48. The molecule has 0 atom stereocenters. The Morgan fingerprint density at radius 3 is 2.40 bits per heavy atom. The van der Waals surface area contributed by atoms with Crippen LogP contribution < -0.4 is 5.43 Å². The summed E-state index contributed by atoms with van der Waals surface area (Å²) in [5.41, 5.74) is 2.06. The minimum absolute atomic E-state index is 0.102. The summed E-state index contributed by atoms with van der Waals surface area (Å²) < 4.78 is 0. The standard InChI is InChI=1S/C16H11NO3/c18-15-9-14(16(19)20)17-13-7-6-11(8-12(13)15)10-4-2-1-3-5-10/h1-9H,(H,17,18)(H,19,20). The van der Waals surface area contributed by atoms with Crippen LogP contribution in [0.4, 0.5) is 0 Å². The van der Waals surface area contributed by atoms with Crippen molar-refractivity contribution < 1.29 is 9.90 Å². The molecule has 0 aliphatic heterocycles. The highest BCUT2D eigenvalue weighted by atomic mass is 16.4. The van der Waals surface area contributed by atoms with Crippen molar-refractivity contribution in [2.24, 2.45) is 0 Å². The normalized spacial score (nSPS) is 10.6. The molecule has 1 aromatic heterocycles. The Labute approximate surface area is 114 Å². The molecular weight excluding hydrogens is 254 g/mol. The fourth-order valence-corrected chi connectivity index (χ4v) is 2.17. The van der Waals surface area contributed by atoms with Gasteiger partial charge in [0.15, 0.2) is 5.43 Å². The van der Waals surface area contributed by atoms with Crippen molar-refractivity contribution in [1.82, 2.24) is 4.98 Å². The molecule has 2 N–H and O–H groups in total. The number of H-pyrrole nitrogens is 1. The van der Waals surface area contributed by atoms with Crippen LogP contribution in [0.25, 0.3) is 22.0 Å². The number of hydrogen-bond donors (Lipinski definition) is 2. The van der Waals surface area contributed by atoms with Crippen LogP contribution in [0, 0.1) is 0 Å². The van der Waals surface area contributed by atoms with Crippen molar-refractivity contribution in [3.8, 4) is 11.1 Å². The molecule has 0 aliphatic carbocycles. The minimum Gasteiger partial charge on any atom is -0.477 e. The molecule has 0 spiro atoms. The molecule has 98 valence electrons. The van der Waals surface area contributed by atoms with Gasteiger partial charge in [0.05, 0.1) is 0 Å². The summed E-state index contributed by atoms with van der Waals surface area (Å²) in [5.74, 6) is -1.14. The molecule has 0 saturated carbocycles. The summed E-state index contributed by atoms with van der Waals surface area (Å²) in [6.45, 7) is 0. The lowest BCUT2D eigenvalue weighted by molar-refractivity contribution is 0.0691. The lowest BCUT2D eigenvalue weighted by Crippen LogP contribution is -2.09. The van der Waals surface area contributed by atoms with Gasteiger partial charge in [-0.2, -0.15) is 0 Å². The third-order valence-electron chi connectivity index (χ3n) is 3.17. The fourth-order valence-electron chi connectivity index (χ4n) is 2.17. The van der Waals surface area contributed by atoms with Crippen LogP contribution in [0.2, 0.25) is 0 Å². The molecule has 0 amide bonds. The third-order valence-corrected chi connectivity index (χ3v) is 3.17. The average molecular weight is 265 g/mol. The number of rotatable bonds is 2. The van der Waals surface area contributed by atoms with E-state index in [2.05, 4.69) is 4.98 Å². The van der Waals surface area contributed by atoms with E-state index in [1.165, 1.54) is 0 Å². The predicted molar refractivity (Wildman–Crippen MR) is 77.0 cm³/mol. The zero-order chi connectivity index (χ0) is 14.1. The molecule has 3 rings (SSSR count). The Morgan fingerprint density at radius 1 is 0.950 bits per heavy atom. The number of aromatic amines is 1. The maximum atomic E-state index is 12.0. The first kappa shape index (κ1) is 12.2. The van der Waals surface area contributed by atoms with Crippen molar-refractivity contribution in [2.45, 2.75) is 0 Å². The molecule has 0 bridgehead atoms. The monoisotopic (exact) mass is 265 g/mol. The largest absolute Gasteiger partial charge is 0.477 e. The average Bonchev–Trinajstić information content (AvgIpc) is 2.47. The summed E-state index contributed by atoms with van der Waals surface area (Å²) in [5, 5.41) is 9.41. The van der Waals surface area contributed by atoms with E-state index in [1.54, 1.807) is 12.1 Å². The quantitative estimate of drug-likeness (QED) is 0.748. The molecule has 1 heterocycles. The van der Waals surface area contributed by atoms with Crippen LogP contribution >= 0.6 is 0 Å². The Balaban J connectivity index is 2.23. The highest BCUT2D eigenvalue weighted by molar-refractivity contribution is 5.91. The first-order valence-corrected chi connectivity index (χ1v) is 6.11. The van der Waals surface area contributed by atoms with Crippen LogP contribution in [0.15, 0.2) is 59.4 Å². The van der Waals surface area contributed by atoms with E-state index in [4.69, 9.17) is 5.11 Å². The summed E-state index contributed by atoms with van der Waals surface area (Å²) in [6, 6.07) is 16.2. The van der Waals surface area contributed by atoms with E-state index in [1.807, 2.05) is 36.4 Å². The number of benzene rings is 2. The minimum atomic E-state index is -1.14. The molecular formula is C16H11NO3. The molecule has 0 aliphatic rings. The van der Waals surface area contributed by atoms with Crippen molar-refractivity contribution in [2.75, 3.05) is 0 Å². The molecule has 4 nitrogen and oxygen atoms in total. The van der Waals surface area contributed by atoms with E-state index in [0.717, 1.165) is 17.2 Å². The second-order valence-electron chi connectivity index (χ2n) is 4.48. The molecule has 0 unspecified atom stereocenters. The van der Waals surface area contributed by atoms with Gasteiger partial charge in [-0.3, -0.25) is 4.79 Å². The summed E-state index contributed by atoms with van der Waals surface area (Å²) in [6.07, 6.45) is 0. The van der Waals surface area contributed by atoms with Crippen LogP contribution in [0.1, 0.15) is 10.5 Å². The maximum Gasteiger partial charge on any atom is 0.352 e. The maximum absolute atomic E-state index is 12.0. The van der Waals surface area contributed by atoms with E-state index in [-0.39, 0.29) is 11.1 Å². The van der Waals surface area contributed by atoms with Crippen molar-refractivity contribution in [3.63, 3.8) is 0 Å². The zero-order valence-corrected chi connectivity index (χ0v) is 10.5. The number of aromatic carboxylic acids is 1. The molecule has 0 radical (unpaired) electrons. The highest BCUT2D eigenvalue weighted by Gasteiger charge is 2.08. The number of fused-ring (bicyclic) bond motifs is 1. The predicted octanol–water partition coefficient (Wildman–Crippen LogP) is 2.89. The van der Waals surface area contributed by atoms with E-state index in [0.29, 0.717) is 10.9 Å². The van der Waals surface area contributed by atoms with Crippen LogP contribution in [-0.2, 0) is 0 Å². The SMILES string of the molecule is O=C(O)c1cc(=O)c2cc(-c3ccccc3)ccc2[nH]1. The van der Waals surface area contributed by atoms with Crippen LogP contribution in [0.3, 0.4) is 0 Å². The topological polar surface area (TPSA) is 70.2 Å². The van der Waals surface area contributed by atoms with Crippen molar-refractivity contribution in [1.29, 1.82) is 0 Å². The number of carboxylic acids is 1. The first-order chi connectivity index (χ1) is 9.65. The summed E-state index contributed by atoms with van der Waals surface area (Å²) >= 11 is 0. The smallest absolute Gasteiger partial charge is 0.352 e. The molecule has 0 fully saturated rings. The van der Waals surface area contributed by atoms with Crippen LogP contribution in [0.5, 0.6) is 0 Å². The van der Waals surface area contributed by atoms with Crippen molar-refractivity contribution in [3.05, 3.63) is 70.5 Å². The van der Waals surface area contributed by atoms with Gasteiger partial charge in [-0.25, -0.2) is 4.79 Å². The van der Waals surface area contributed by atoms with Gasteiger partial charge >= 0.3 is 5.97 Å². The second kappa shape index (κ2) is 4.66. The zero-order valence-electron chi connectivity index (χ0n) is 10.5. The first-order valence-electron chi connectivity index (χ1n) is 6.11. The Morgan fingerprint density at radius 2 is 1.70 bits per heavy atom. The third kappa shape index (κ3) is 2.07. The van der Waals surface area contributed by atoms with Gasteiger partial charge in [-0.1, -0.05) is 36.4 Å². The number of aromatic nitrogens is 1. The van der Waals surface area contributed by atoms with Gasteiger partial charge in [-0.15, -0.1) is 0 Å². The van der Waals surface area contributed by atoms with Gasteiger partial charge in [-0.05, 0) is 23.3 Å². The van der Waals surface area contributed by atoms with E-state index < -0.39 is 5.97 Å². The summed E-state index contributed by atoms with van der Waals surface area (Å²) in [4.78, 5) is 25.7. The van der Waals surface area contributed by atoms with E-state index >= 15 is 0 Å². The molecule has 2 aromatic carbocycles. The lowest BCUT2D eigenvalue weighted by Gasteiger charge is -2.05. The van der Waals surface area contributed by atoms with Crippen molar-refractivity contribution >= 4 is 16.9 Å². The number of hydrogen-bond acceptors (Lipinski definition) is 2. The molecule has 4 heteroatoms. The molecule has 0 saturated heterocycles. The number of nitrogens with one attached hydrogen (secondary N) is 1. The van der Waals surface area contributed by atoms with Crippen LogP contribution in [-0.4, -0.2) is 16.1 Å². The number of pyridine rings is 1.